The van der Waals surface area contributed by atoms with Gasteiger partial charge in [-0.2, -0.15) is 0 Å². The Morgan fingerprint density at radius 2 is 2.00 bits per heavy atom. The number of carbonyl (C=O) groups is 3. The molecule has 0 unspecified atom stereocenters. The van der Waals surface area contributed by atoms with Crippen molar-refractivity contribution in [3.05, 3.63) is 29.1 Å². The maximum atomic E-state index is 12.2. The van der Waals surface area contributed by atoms with E-state index in [1.165, 1.54) is 24.6 Å². The molecule has 7 heteroatoms. The zero-order valence-corrected chi connectivity index (χ0v) is 15.9. The van der Waals surface area contributed by atoms with Crippen LogP contribution in [0.1, 0.15) is 48.7 Å². The van der Waals surface area contributed by atoms with Gasteiger partial charge < -0.3 is 19.9 Å². The van der Waals surface area contributed by atoms with Crippen molar-refractivity contribution in [2.75, 3.05) is 19.7 Å². The summed E-state index contributed by atoms with van der Waals surface area (Å²) in [5, 5.41) is 0. The van der Waals surface area contributed by atoms with E-state index in [-0.39, 0.29) is 18.4 Å². The molecule has 1 aromatic rings. The minimum atomic E-state index is -0.553. The number of nitrogens with two attached hydrogens (primary N) is 1. The lowest BCUT2D eigenvalue weighted by molar-refractivity contribution is -0.149. The zero-order valence-electron chi connectivity index (χ0n) is 15.9. The highest BCUT2D eigenvalue weighted by Crippen LogP contribution is 2.38. The first-order valence-electron chi connectivity index (χ1n) is 9.47. The number of amides is 2. The van der Waals surface area contributed by atoms with Crippen molar-refractivity contribution in [2.24, 2.45) is 11.7 Å². The van der Waals surface area contributed by atoms with E-state index in [1.807, 2.05) is 6.92 Å². The normalized spacial score (nSPS) is 20.1. The first-order valence-corrected chi connectivity index (χ1v) is 9.47. The number of aryl methyl sites for hydroxylation is 1. The maximum absolute atomic E-state index is 12.2. The van der Waals surface area contributed by atoms with Crippen molar-refractivity contribution in [1.29, 1.82) is 0 Å². The Balaban J connectivity index is 1.51. The van der Waals surface area contributed by atoms with Gasteiger partial charge in [0.2, 0.25) is 5.91 Å². The van der Waals surface area contributed by atoms with Crippen LogP contribution in [0.5, 0.6) is 0 Å². The molecule has 1 aliphatic carbocycles. The van der Waals surface area contributed by atoms with E-state index in [0.29, 0.717) is 25.6 Å². The van der Waals surface area contributed by atoms with Crippen LogP contribution < -0.4 is 5.73 Å². The highest BCUT2D eigenvalue weighted by Gasteiger charge is 2.28. The van der Waals surface area contributed by atoms with Gasteiger partial charge in [-0.05, 0) is 57.2 Å². The van der Waals surface area contributed by atoms with Crippen molar-refractivity contribution in [2.45, 2.75) is 45.6 Å². The molecule has 1 aliphatic heterocycles. The molecule has 146 valence electrons. The van der Waals surface area contributed by atoms with Gasteiger partial charge in [0.05, 0.1) is 5.92 Å². The highest BCUT2D eigenvalue weighted by molar-refractivity contribution is 5.89. The van der Waals surface area contributed by atoms with E-state index in [4.69, 9.17) is 10.5 Å². The van der Waals surface area contributed by atoms with Crippen molar-refractivity contribution in [1.82, 2.24) is 9.47 Å². The number of primary amides is 1. The fraction of sp³-hybridized carbons (Fsp3) is 0.550. The molecule has 2 fully saturated rings. The predicted octanol–water partition coefficient (Wildman–Crippen LogP) is 1.72. The van der Waals surface area contributed by atoms with Crippen molar-refractivity contribution >= 4 is 23.9 Å². The van der Waals surface area contributed by atoms with E-state index in [0.717, 1.165) is 17.7 Å². The van der Waals surface area contributed by atoms with Gasteiger partial charge >= 0.3 is 5.97 Å². The molecule has 2 aliphatic rings. The molecule has 2 N–H and O–H groups in total. The molecular weight excluding hydrogens is 346 g/mol. The largest absolute Gasteiger partial charge is 0.452 e. The number of hydrogen-bond donors (Lipinski definition) is 1. The average molecular weight is 373 g/mol. The highest BCUT2D eigenvalue weighted by atomic mass is 16.5. The fourth-order valence-corrected chi connectivity index (χ4v) is 3.73. The van der Waals surface area contributed by atoms with Crippen LogP contribution in [0.2, 0.25) is 0 Å². The van der Waals surface area contributed by atoms with Gasteiger partial charge in [0.15, 0.2) is 6.61 Å². The third-order valence-electron chi connectivity index (χ3n) is 5.35. The SMILES string of the molecule is Cc1cc(/C=C/C(=O)OCC(=O)N2CCC[C@H](C(N)=O)C2)c(C)n1C1CC1. The molecule has 0 radical (unpaired) electrons. The smallest absolute Gasteiger partial charge is 0.331 e. The zero-order chi connectivity index (χ0) is 19.6. The molecule has 3 rings (SSSR count). The molecule has 1 saturated carbocycles. The number of nitrogens with zero attached hydrogens (tertiary/aromatic N) is 2. The lowest BCUT2D eigenvalue weighted by atomic mass is 9.97. The fourth-order valence-electron chi connectivity index (χ4n) is 3.73. The molecular formula is C20H27N3O4. The van der Waals surface area contributed by atoms with Gasteiger partial charge in [0.1, 0.15) is 0 Å². The van der Waals surface area contributed by atoms with Gasteiger partial charge in [-0.15, -0.1) is 0 Å². The number of likely N-dealkylation sites (tertiary alicyclic amines) is 1. The van der Waals surface area contributed by atoms with Crippen molar-refractivity contribution in [3.8, 4) is 0 Å². The van der Waals surface area contributed by atoms with Crippen LogP contribution in [-0.2, 0) is 19.1 Å². The summed E-state index contributed by atoms with van der Waals surface area (Å²) >= 11 is 0. The van der Waals surface area contributed by atoms with Crippen LogP contribution in [0.4, 0.5) is 0 Å². The molecule has 0 aromatic carbocycles. The second-order valence-electron chi connectivity index (χ2n) is 7.45. The van der Waals surface area contributed by atoms with Gasteiger partial charge in [-0.25, -0.2) is 4.79 Å². The molecule has 2 amide bonds. The molecule has 27 heavy (non-hydrogen) atoms. The summed E-state index contributed by atoms with van der Waals surface area (Å²) in [5.74, 6) is -1.56. The lowest BCUT2D eigenvalue weighted by Gasteiger charge is -2.30. The Bertz CT molecular complexity index is 776. The third-order valence-corrected chi connectivity index (χ3v) is 5.35. The Labute approximate surface area is 159 Å². The standard InChI is InChI=1S/C20H27N3O4/c1-13-10-15(14(2)23(13)17-6-7-17)5-8-19(25)27-12-18(24)22-9-3-4-16(11-22)20(21)26/h5,8,10,16-17H,3-4,6-7,9,11-12H2,1-2H3,(H2,21,26)/b8-5+/t16-/m0/s1. The molecule has 7 nitrogen and oxygen atoms in total. The summed E-state index contributed by atoms with van der Waals surface area (Å²) < 4.78 is 7.38. The first kappa shape index (κ1) is 19.2. The summed E-state index contributed by atoms with van der Waals surface area (Å²) in [6.45, 7) is 4.65. The predicted molar refractivity (Wildman–Crippen MR) is 101 cm³/mol. The molecule has 1 saturated heterocycles. The van der Waals surface area contributed by atoms with E-state index >= 15 is 0 Å². The third kappa shape index (κ3) is 4.59. The maximum Gasteiger partial charge on any atom is 0.331 e. The number of ether oxygens (including phenoxy) is 1. The first-order chi connectivity index (χ1) is 12.9. The van der Waals surface area contributed by atoms with Gasteiger partial charge in [-0.1, -0.05) is 0 Å². The monoisotopic (exact) mass is 373 g/mol. The average Bonchev–Trinajstić information content (AvgIpc) is 3.43. The number of aromatic nitrogens is 1. The van der Waals surface area contributed by atoms with Crippen LogP contribution >= 0.6 is 0 Å². The molecule has 0 bridgehead atoms. The topological polar surface area (TPSA) is 94.6 Å². The summed E-state index contributed by atoms with van der Waals surface area (Å²) in [7, 11) is 0. The van der Waals surface area contributed by atoms with Crippen LogP contribution in [0.3, 0.4) is 0 Å². The minimum Gasteiger partial charge on any atom is -0.452 e. The van der Waals surface area contributed by atoms with Gasteiger partial charge in [0, 0.05) is 36.6 Å². The quantitative estimate of drug-likeness (QED) is 0.607. The number of piperidine rings is 1. The molecule has 2 heterocycles. The lowest BCUT2D eigenvalue weighted by Crippen LogP contribution is -2.45. The Kier molecular flexibility index (Phi) is 5.68. The van der Waals surface area contributed by atoms with E-state index < -0.39 is 11.9 Å². The van der Waals surface area contributed by atoms with Crippen LogP contribution in [0, 0.1) is 19.8 Å². The Morgan fingerprint density at radius 3 is 2.67 bits per heavy atom. The van der Waals surface area contributed by atoms with Crippen LogP contribution in [0.25, 0.3) is 6.08 Å². The van der Waals surface area contributed by atoms with Gasteiger partial charge in [0.25, 0.3) is 5.91 Å². The van der Waals surface area contributed by atoms with E-state index in [1.54, 1.807) is 11.0 Å². The van der Waals surface area contributed by atoms with Crippen LogP contribution in [-0.4, -0.2) is 46.9 Å². The summed E-state index contributed by atoms with van der Waals surface area (Å²) in [6.07, 6.45) is 6.92. The van der Waals surface area contributed by atoms with Gasteiger partial charge in [-0.3, -0.25) is 9.59 Å². The summed E-state index contributed by atoms with van der Waals surface area (Å²) in [4.78, 5) is 37.0. The number of hydrogen-bond acceptors (Lipinski definition) is 4. The Hall–Kier alpha value is -2.57. The van der Waals surface area contributed by atoms with Crippen molar-refractivity contribution in [3.63, 3.8) is 0 Å². The number of carbonyl (C=O) groups excluding carboxylic acids is 3. The van der Waals surface area contributed by atoms with Crippen molar-refractivity contribution < 1.29 is 19.1 Å². The number of rotatable bonds is 6. The summed E-state index contributed by atoms with van der Waals surface area (Å²) in [6, 6.07) is 2.64. The minimum absolute atomic E-state index is 0.297. The van der Waals surface area contributed by atoms with Crippen LogP contribution in [0.15, 0.2) is 12.1 Å². The van der Waals surface area contributed by atoms with E-state index in [9.17, 15) is 14.4 Å². The summed E-state index contributed by atoms with van der Waals surface area (Å²) in [5.41, 5.74) is 8.64. The Morgan fingerprint density at radius 1 is 1.26 bits per heavy atom. The second kappa shape index (κ2) is 7.98. The molecule has 0 spiro atoms. The molecule has 1 atom stereocenters. The molecule has 1 aromatic heterocycles. The number of esters is 1. The second-order valence-corrected chi connectivity index (χ2v) is 7.45. The van der Waals surface area contributed by atoms with E-state index in [2.05, 4.69) is 17.6 Å².